The Morgan fingerprint density at radius 2 is 2.30 bits per heavy atom. The molecule has 2 heteroatoms. The van der Waals surface area contributed by atoms with Gasteiger partial charge in [0.25, 0.3) is 0 Å². The molecule has 0 aromatic carbocycles. The summed E-state index contributed by atoms with van der Waals surface area (Å²) in [6.45, 7) is 3.76. The van der Waals surface area contributed by atoms with Crippen molar-refractivity contribution in [3.8, 4) is 0 Å². The van der Waals surface area contributed by atoms with E-state index >= 15 is 0 Å². The molecular formula is C8H17NO. The van der Waals surface area contributed by atoms with Crippen molar-refractivity contribution in [3.63, 3.8) is 0 Å². The minimum absolute atomic E-state index is 0.723. The van der Waals surface area contributed by atoms with E-state index in [9.17, 15) is 0 Å². The zero-order chi connectivity index (χ0) is 7.66. The van der Waals surface area contributed by atoms with Crippen LogP contribution < -0.4 is 5.32 Å². The topological polar surface area (TPSA) is 21.3 Å². The van der Waals surface area contributed by atoms with E-state index in [4.69, 9.17) is 4.74 Å². The van der Waals surface area contributed by atoms with Gasteiger partial charge in [-0.15, -0.1) is 0 Å². The van der Waals surface area contributed by atoms with E-state index in [2.05, 4.69) is 12.2 Å². The van der Waals surface area contributed by atoms with Gasteiger partial charge in [0, 0.05) is 13.7 Å². The molecule has 0 unspecified atom stereocenters. The van der Waals surface area contributed by atoms with Gasteiger partial charge in [-0.25, -0.2) is 0 Å². The zero-order valence-electron chi connectivity index (χ0n) is 6.89. The molecule has 60 valence electrons. The highest BCUT2D eigenvalue weighted by molar-refractivity contribution is 4.76. The molecule has 0 fully saturated rings. The largest absolute Gasteiger partial charge is 0.394 e. The first kappa shape index (κ1) is 9.50. The predicted octanol–water partition coefficient (Wildman–Crippen LogP) is 1.54. The van der Waals surface area contributed by atoms with Gasteiger partial charge in [-0.2, -0.15) is 0 Å². The van der Waals surface area contributed by atoms with E-state index in [1.165, 1.54) is 6.42 Å². The Bertz CT molecular complexity index is 81.3. The van der Waals surface area contributed by atoms with Crippen LogP contribution >= 0.6 is 0 Å². The van der Waals surface area contributed by atoms with Crippen molar-refractivity contribution in [3.05, 3.63) is 12.3 Å². The van der Waals surface area contributed by atoms with Gasteiger partial charge in [-0.3, -0.25) is 0 Å². The number of unbranched alkanes of at least 4 members (excludes halogenated alkanes) is 1. The van der Waals surface area contributed by atoms with Crippen LogP contribution in [0.3, 0.4) is 0 Å². The van der Waals surface area contributed by atoms with Crippen LogP contribution in [-0.2, 0) is 4.74 Å². The van der Waals surface area contributed by atoms with Crippen LogP contribution in [0.15, 0.2) is 12.3 Å². The molecular weight excluding hydrogens is 126 g/mol. The van der Waals surface area contributed by atoms with Crippen LogP contribution in [0.2, 0.25) is 0 Å². The minimum Gasteiger partial charge on any atom is -0.394 e. The maximum Gasteiger partial charge on any atom is 0.0664 e. The molecule has 2 nitrogen and oxygen atoms in total. The fourth-order valence-electron chi connectivity index (χ4n) is 0.564. The van der Waals surface area contributed by atoms with Gasteiger partial charge in [-0.1, -0.05) is 13.3 Å². The third kappa shape index (κ3) is 7.50. The van der Waals surface area contributed by atoms with E-state index < -0.39 is 0 Å². The van der Waals surface area contributed by atoms with Crippen molar-refractivity contribution in [2.24, 2.45) is 0 Å². The molecule has 0 heterocycles. The van der Waals surface area contributed by atoms with Gasteiger partial charge < -0.3 is 10.1 Å². The maximum atomic E-state index is 5.25. The summed E-state index contributed by atoms with van der Waals surface area (Å²) in [4.78, 5) is 0. The standard InChI is InChI=1S/C8H17NO/c1-3-4-7-10-8-5-6-9-2/h5-6,9H,3-4,7-8H2,1-2H3. The van der Waals surface area contributed by atoms with Gasteiger partial charge in [0.1, 0.15) is 0 Å². The molecule has 0 aliphatic rings. The zero-order valence-corrected chi connectivity index (χ0v) is 6.89. The number of hydrogen-bond donors (Lipinski definition) is 1. The molecule has 10 heavy (non-hydrogen) atoms. The van der Waals surface area contributed by atoms with Crippen LogP contribution in [0.1, 0.15) is 19.8 Å². The summed E-state index contributed by atoms with van der Waals surface area (Å²) >= 11 is 0. The van der Waals surface area contributed by atoms with Crippen molar-refractivity contribution in [2.75, 3.05) is 20.3 Å². The molecule has 0 saturated carbocycles. The van der Waals surface area contributed by atoms with Crippen molar-refractivity contribution >= 4 is 0 Å². The maximum absolute atomic E-state index is 5.25. The highest BCUT2D eigenvalue weighted by atomic mass is 16.5. The lowest BCUT2D eigenvalue weighted by Crippen LogP contribution is -1.96. The van der Waals surface area contributed by atoms with E-state index in [0.29, 0.717) is 0 Å². The van der Waals surface area contributed by atoms with E-state index in [1.807, 2.05) is 19.3 Å². The van der Waals surface area contributed by atoms with Crippen LogP contribution in [0.5, 0.6) is 0 Å². The minimum atomic E-state index is 0.723. The van der Waals surface area contributed by atoms with Crippen LogP contribution in [0, 0.1) is 0 Å². The van der Waals surface area contributed by atoms with Gasteiger partial charge in [0.2, 0.25) is 0 Å². The Kier molecular flexibility index (Phi) is 8.07. The van der Waals surface area contributed by atoms with Gasteiger partial charge >= 0.3 is 0 Å². The van der Waals surface area contributed by atoms with Crippen LogP contribution in [-0.4, -0.2) is 20.3 Å². The van der Waals surface area contributed by atoms with Crippen molar-refractivity contribution in [2.45, 2.75) is 19.8 Å². The smallest absolute Gasteiger partial charge is 0.0664 e. The summed E-state index contributed by atoms with van der Waals surface area (Å²) < 4.78 is 5.25. The SMILES string of the molecule is CCCCOCC=CNC. The predicted molar refractivity (Wildman–Crippen MR) is 43.9 cm³/mol. The lowest BCUT2D eigenvalue weighted by Gasteiger charge is -1.97. The average molecular weight is 143 g/mol. The number of rotatable bonds is 6. The molecule has 0 radical (unpaired) electrons. The Morgan fingerprint density at radius 3 is 2.90 bits per heavy atom. The second-order valence-corrected chi connectivity index (χ2v) is 2.12. The van der Waals surface area contributed by atoms with Crippen molar-refractivity contribution < 1.29 is 4.74 Å². The number of ether oxygens (including phenoxy) is 1. The van der Waals surface area contributed by atoms with Gasteiger partial charge in [0.15, 0.2) is 0 Å². The van der Waals surface area contributed by atoms with Crippen LogP contribution in [0.25, 0.3) is 0 Å². The highest BCUT2D eigenvalue weighted by Crippen LogP contribution is 1.87. The summed E-state index contributed by atoms with van der Waals surface area (Å²) in [6.07, 6.45) is 6.21. The summed E-state index contributed by atoms with van der Waals surface area (Å²) in [5.41, 5.74) is 0. The summed E-state index contributed by atoms with van der Waals surface area (Å²) in [5, 5.41) is 2.90. The molecule has 0 amide bonds. The molecule has 0 aliphatic heterocycles. The van der Waals surface area contributed by atoms with E-state index in [1.54, 1.807) is 0 Å². The quantitative estimate of drug-likeness (QED) is 0.569. The molecule has 0 rings (SSSR count). The second kappa shape index (κ2) is 8.50. The van der Waals surface area contributed by atoms with Gasteiger partial charge in [-0.05, 0) is 18.7 Å². The Labute approximate surface area is 63.3 Å². The molecule has 0 aliphatic carbocycles. The summed E-state index contributed by atoms with van der Waals surface area (Å²) in [6, 6.07) is 0. The van der Waals surface area contributed by atoms with E-state index in [0.717, 1.165) is 19.6 Å². The molecule has 1 N–H and O–H groups in total. The third-order valence-corrected chi connectivity index (χ3v) is 1.14. The molecule has 0 bridgehead atoms. The Balaban J connectivity index is 2.83. The fourth-order valence-corrected chi connectivity index (χ4v) is 0.564. The van der Waals surface area contributed by atoms with Crippen LogP contribution in [0.4, 0.5) is 0 Å². The molecule has 0 atom stereocenters. The highest BCUT2D eigenvalue weighted by Gasteiger charge is 1.81. The number of hydrogen-bond acceptors (Lipinski definition) is 2. The first-order valence-corrected chi connectivity index (χ1v) is 3.81. The third-order valence-electron chi connectivity index (χ3n) is 1.14. The number of nitrogens with one attached hydrogen (secondary N) is 1. The Morgan fingerprint density at radius 1 is 1.50 bits per heavy atom. The molecule has 0 aromatic rings. The lowest BCUT2D eigenvalue weighted by molar-refractivity contribution is 0.158. The van der Waals surface area contributed by atoms with Crippen molar-refractivity contribution in [1.82, 2.24) is 5.32 Å². The summed E-state index contributed by atoms with van der Waals surface area (Å²) in [5.74, 6) is 0. The lowest BCUT2D eigenvalue weighted by atomic mass is 10.4. The molecule has 0 spiro atoms. The average Bonchev–Trinajstić information content (AvgIpc) is 1.97. The van der Waals surface area contributed by atoms with Crippen molar-refractivity contribution in [1.29, 1.82) is 0 Å². The second-order valence-electron chi connectivity index (χ2n) is 2.12. The normalized spacial score (nSPS) is 10.6. The monoisotopic (exact) mass is 143 g/mol. The van der Waals surface area contributed by atoms with Gasteiger partial charge in [0.05, 0.1) is 6.61 Å². The first-order valence-electron chi connectivity index (χ1n) is 3.81. The summed E-state index contributed by atoms with van der Waals surface area (Å²) in [7, 11) is 1.88. The Hall–Kier alpha value is -0.500. The first-order chi connectivity index (χ1) is 4.91. The fraction of sp³-hybridized carbons (Fsp3) is 0.750. The molecule has 0 aromatic heterocycles. The molecule has 0 saturated heterocycles. The van der Waals surface area contributed by atoms with E-state index in [-0.39, 0.29) is 0 Å².